The Hall–Kier alpha value is -2.45. The molecule has 2 aliphatic rings. The zero-order valence-electron chi connectivity index (χ0n) is 17.0. The van der Waals surface area contributed by atoms with Crippen molar-refractivity contribution in [1.29, 1.82) is 0 Å². The van der Waals surface area contributed by atoms with Crippen LogP contribution in [0.4, 0.5) is 10.1 Å². The first-order chi connectivity index (χ1) is 14.3. The summed E-state index contributed by atoms with van der Waals surface area (Å²) in [7, 11) is -3.90. The predicted molar refractivity (Wildman–Crippen MR) is 114 cm³/mol. The van der Waals surface area contributed by atoms with Crippen LogP contribution < -0.4 is 4.72 Å². The van der Waals surface area contributed by atoms with E-state index in [4.69, 9.17) is 0 Å². The van der Waals surface area contributed by atoms with Gasteiger partial charge in [0.1, 0.15) is 5.82 Å². The number of carbonyl (C=O) groups excluding carboxylic acids is 1. The van der Waals surface area contributed by atoms with Crippen molar-refractivity contribution in [1.82, 2.24) is 9.80 Å². The standard InChI is InChI=1S/C22H26FN3O3S/c1-16-4-9-20(30(28,29)24-18-7-5-17(23)6-8-18)14-21(16)22(27)26-13-10-19(15-26)25-11-2-3-12-25/h4-9,14,19,24H,2-3,10-13,15H2,1H3. The van der Waals surface area contributed by atoms with Crippen molar-refractivity contribution in [2.45, 2.75) is 37.1 Å². The van der Waals surface area contributed by atoms with Crippen LogP contribution in [0.5, 0.6) is 0 Å². The molecule has 2 aromatic carbocycles. The van der Waals surface area contributed by atoms with E-state index in [2.05, 4.69) is 9.62 Å². The first-order valence-corrected chi connectivity index (χ1v) is 11.7. The minimum atomic E-state index is -3.90. The highest BCUT2D eigenvalue weighted by atomic mass is 32.2. The van der Waals surface area contributed by atoms with Crippen molar-refractivity contribution < 1.29 is 17.6 Å². The fourth-order valence-electron chi connectivity index (χ4n) is 4.23. The third kappa shape index (κ3) is 4.34. The molecule has 0 bridgehead atoms. The number of nitrogens with zero attached hydrogens (tertiary/aromatic N) is 2. The molecule has 1 unspecified atom stereocenters. The quantitative estimate of drug-likeness (QED) is 0.789. The molecule has 0 saturated carbocycles. The monoisotopic (exact) mass is 431 g/mol. The number of hydrogen-bond acceptors (Lipinski definition) is 4. The highest BCUT2D eigenvalue weighted by molar-refractivity contribution is 7.92. The first kappa shape index (κ1) is 20.8. The van der Waals surface area contributed by atoms with Crippen LogP contribution in [0.25, 0.3) is 0 Å². The minimum absolute atomic E-state index is 0.0102. The number of nitrogens with one attached hydrogen (secondary N) is 1. The number of hydrogen-bond donors (Lipinski definition) is 1. The third-order valence-corrected chi connectivity index (χ3v) is 7.33. The van der Waals surface area contributed by atoms with Gasteiger partial charge in [0.15, 0.2) is 0 Å². The van der Waals surface area contributed by atoms with Crippen LogP contribution in [0.2, 0.25) is 0 Å². The molecule has 2 aliphatic heterocycles. The Labute approximate surface area is 176 Å². The number of benzene rings is 2. The zero-order chi connectivity index (χ0) is 21.3. The van der Waals surface area contributed by atoms with Gasteiger partial charge in [-0.25, -0.2) is 12.8 Å². The van der Waals surface area contributed by atoms with Gasteiger partial charge < -0.3 is 4.90 Å². The number of likely N-dealkylation sites (tertiary alicyclic amines) is 2. The topological polar surface area (TPSA) is 69.7 Å². The maximum atomic E-state index is 13.2. The van der Waals surface area contributed by atoms with E-state index in [9.17, 15) is 17.6 Å². The van der Waals surface area contributed by atoms with Crippen LogP contribution >= 0.6 is 0 Å². The highest BCUT2D eigenvalue weighted by Crippen LogP contribution is 2.25. The highest BCUT2D eigenvalue weighted by Gasteiger charge is 2.32. The van der Waals surface area contributed by atoms with E-state index < -0.39 is 15.8 Å². The zero-order valence-corrected chi connectivity index (χ0v) is 17.8. The summed E-state index contributed by atoms with van der Waals surface area (Å²) in [6.07, 6.45) is 3.38. The van der Waals surface area contributed by atoms with Gasteiger partial charge in [0.05, 0.1) is 4.90 Å². The van der Waals surface area contributed by atoms with Crippen molar-refractivity contribution in [3.63, 3.8) is 0 Å². The molecule has 2 heterocycles. The lowest BCUT2D eigenvalue weighted by Crippen LogP contribution is -2.37. The summed E-state index contributed by atoms with van der Waals surface area (Å²) in [4.78, 5) is 17.4. The molecule has 0 spiro atoms. The molecular weight excluding hydrogens is 405 g/mol. The van der Waals surface area contributed by atoms with E-state index in [-0.39, 0.29) is 16.5 Å². The average molecular weight is 432 g/mol. The fraction of sp³-hybridized carbons (Fsp3) is 0.409. The van der Waals surface area contributed by atoms with Gasteiger partial charge in [0.2, 0.25) is 0 Å². The van der Waals surface area contributed by atoms with Crippen molar-refractivity contribution in [3.05, 3.63) is 59.4 Å². The Morgan fingerprint density at radius 3 is 2.47 bits per heavy atom. The Morgan fingerprint density at radius 1 is 1.07 bits per heavy atom. The number of amides is 1. The Bertz CT molecular complexity index is 1030. The lowest BCUT2D eigenvalue weighted by molar-refractivity contribution is 0.0779. The molecule has 30 heavy (non-hydrogen) atoms. The van der Waals surface area contributed by atoms with Gasteiger partial charge in [-0.2, -0.15) is 0 Å². The second kappa shape index (κ2) is 8.35. The molecule has 1 atom stereocenters. The fourth-order valence-corrected chi connectivity index (χ4v) is 5.32. The van der Waals surface area contributed by atoms with Gasteiger partial charge in [-0.3, -0.25) is 14.4 Å². The molecular formula is C22H26FN3O3S. The number of rotatable bonds is 5. The molecule has 0 aliphatic carbocycles. The number of sulfonamides is 1. The summed E-state index contributed by atoms with van der Waals surface area (Å²) in [5.41, 5.74) is 1.40. The second-order valence-corrected chi connectivity index (χ2v) is 9.71. The van der Waals surface area contributed by atoms with Gasteiger partial charge in [-0.15, -0.1) is 0 Å². The van der Waals surface area contributed by atoms with Crippen LogP contribution in [0.3, 0.4) is 0 Å². The summed E-state index contributed by atoms with van der Waals surface area (Å²) >= 11 is 0. The summed E-state index contributed by atoms with van der Waals surface area (Å²) in [5, 5.41) is 0. The normalized spacial score (nSPS) is 19.9. The molecule has 0 aromatic heterocycles. The molecule has 6 nitrogen and oxygen atoms in total. The largest absolute Gasteiger partial charge is 0.337 e. The lowest BCUT2D eigenvalue weighted by Gasteiger charge is -2.24. The molecule has 1 N–H and O–H groups in total. The van der Waals surface area contributed by atoms with E-state index in [1.807, 2.05) is 11.8 Å². The molecule has 4 rings (SSSR count). The van der Waals surface area contributed by atoms with Crippen molar-refractivity contribution in [3.8, 4) is 0 Å². The van der Waals surface area contributed by atoms with Crippen molar-refractivity contribution in [2.75, 3.05) is 30.9 Å². The number of halogens is 1. The Kier molecular flexibility index (Phi) is 5.79. The van der Waals surface area contributed by atoms with Gasteiger partial charge in [-0.1, -0.05) is 6.07 Å². The third-order valence-electron chi connectivity index (χ3n) is 5.95. The minimum Gasteiger partial charge on any atom is -0.337 e. The van der Waals surface area contributed by atoms with E-state index >= 15 is 0 Å². The van der Waals surface area contributed by atoms with Gasteiger partial charge in [0, 0.05) is 30.4 Å². The van der Waals surface area contributed by atoms with Crippen molar-refractivity contribution in [2.24, 2.45) is 0 Å². The summed E-state index contributed by atoms with van der Waals surface area (Å²) in [5.74, 6) is -0.577. The Balaban J connectivity index is 1.52. The average Bonchev–Trinajstić information content (AvgIpc) is 3.41. The van der Waals surface area contributed by atoms with Crippen LogP contribution in [-0.4, -0.2) is 56.3 Å². The van der Waals surface area contributed by atoms with Gasteiger partial charge in [-0.05, 0) is 81.2 Å². The van der Waals surface area contributed by atoms with Crippen LogP contribution in [-0.2, 0) is 10.0 Å². The predicted octanol–water partition coefficient (Wildman–Crippen LogP) is 3.25. The Morgan fingerprint density at radius 2 is 1.77 bits per heavy atom. The summed E-state index contributed by atoms with van der Waals surface area (Å²) in [6, 6.07) is 10.1. The molecule has 2 aromatic rings. The number of carbonyl (C=O) groups is 1. The first-order valence-electron chi connectivity index (χ1n) is 10.3. The smallest absolute Gasteiger partial charge is 0.261 e. The van der Waals surface area contributed by atoms with E-state index in [1.54, 1.807) is 6.07 Å². The SMILES string of the molecule is Cc1ccc(S(=O)(=O)Nc2ccc(F)cc2)cc1C(=O)N1CCC(N2CCCC2)C1. The molecule has 160 valence electrons. The van der Waals surface area contributed by atoms with E-state index in [0.29, 0.717) is 24.7 Å². The summed E-state index contributed by atoms with van der Waals surface area (Å²) < 4.78 is 41.1. The number of anilines is 1. The molecule has 2 fully saturated rings. The van der Waals surface area contributed by atoms with E-state index in [0.717, 1.165) is 25.1 Å². The molecule has 1 amide bonds. The van der Waals surface area contributed by atoms with Crippen molar-refractivity contribution >= 4 is 21.6 Å². The maximum absolute atomic E-state index is 13.2. The molecule has 0 radical (unpaired) electrons. The van der Waals surface area contributed by atoms with Crippen LogP contribution in [0.15, 0.2) is 47.4 Å². The molecule has 8 heteroatoms. The van der Waals surface area contributed by atoms with Crippen LogP contribution in [0.1, 0.15) is 35.2 Å². The maximum Gasteiger partial charge on any atom is 0.261 e. The second-order valence-electron chi connectivity index (χ2n) is 8.03. The van der Waals surface area contributed by atoms with E-state index in [1.165, 1.54) is 49.2 Å². The lowest BCUT2D eigenvalue weighted by atomic mass is 10.1. The molecule has 2 saturated heterocycles. The van der Waals surface area contributed by atoms with Gasteiger partial charge >= 0.3 is 0 Å². The van der Waals surface area contributed by atoms with Crippen LogP contribution in [0, 0.1) is 12.7 Å². The summed E-state index contributed by atoms with van der Waals surface area (Å²) in [6.45, 7) is 5.36. The number of aryl methyl sites for hydroxylation is 1. The van der Waals surface area contributed by atoms with Gasteiger partial charge in [0.25, 0.3) is 15.9 Å².